The molecule has 0 atom stereocenters. The van der Waals surface area contributed by atoms with Gasteiger partial charge in [0.1, 0.15) is 5.56 Å². The van der Waals surface area contributed by atoms with Crippen LogP contribution in [-0.4, -0.2) is 21.2 Å². The number of thioether (sulfide) groups is 1. The predicted molar refractivity (Wildman–Crippen MR) is 83.6 cm³/mol. The molecule has 0 saturated heterocycles. The summed E-state index contributed by atoms with van der Waals surface area (Å²) in [6, 6.07) is 2.97. The molecule has 0 fully saturated rings. The number of carbonyl (C=O) groups excluding carboxylic acids is 1. The smallest absolute Gasteiger partial charge is 0.322 e. The maximum Gasteiger partial charge on any atom is 0.417 e. The van der Waals surface area contributed by atoms with E-state index in [0.29, 0.717) is 23.5 Å². The number of amides is 1. The minimum absolute atomic E-state index is 0.115. The first kappa shape index (κ1) is 16.8. The van der Waals surface area contributed by atoms with Gasteiger partial charge in [-0.25, -0.2) is 4.98 Å². The first-order valence-electron chi connectivity index (χ1n) is 6.68. The number of alkyl halides is 3. The van der Waals surface area contributed by atoms with Gasteiger partial charge in [-0.15, -0.1) is 0 Å². The molecule has 1 aliphatic rings. The van der Waals surface area contributed by atoms with E-state index >= 15 is 0 Å². The van der Waals surface area contributed by atoms with Crippen LogP contribution >= 0.6 is 23.4 Å². The Bertz CT molecular complexity index is 883. The molecule has 0 saturated carbocycles. The highest BCUT2D eigenvalue weighted by atomic mass is 35.5. The highest BCUT2D eigenvalue weighted by Crippen LogP contribution is 2.36. The average Bonchev–Trinajstić information content (AvgIpc) is 2.97. The van der Waals surface area contributed by atoms with Crippen molar-refractivity contribution in [3.63, 3.8) is 0 Å². The monoisotopic (exact) mass is 375 g/mol. The zero-order valence-corrected chi connectivity index (χ0v) is 13.4. The van der Waals surface area contributed by atoms with Gasteiger partial charge in [-0.1, -0.05) is 23.4 Å². The lowest BCUT2D eigenvalue weighted by molar-refractivity contribution is -0.137. The number of aromatic nitrogens is 2. The maximum absolute atomic E-state index is 12.8. The van der Waals surface area contributed by atoms with Crippen LogP contribution in [-0.2, 0) is 12.7 Å². The van der Waals surface area contributed by atoms with Crippen molar-refractivity contribution in [1.82, 2.24) is 9.55 Å². The molecule has 2 heterocycles. The Morgan fingerprint density at radius 3 is 2.83 bits per heavy atom. The van der Waals surface area contributed by atoms with Crippen LogP contribution in [0.2, 0.25) is 5.02 Å². The molecule has 5 nitrogen and oxygen atoms in total. The second kappa shape index (κ2) is 6.14. The zero-order valence-electron chi connectivity index (χ0n) is 11.9. The topological polar surface area (TPSA) is 64.0 Å². The summed E-state index contributed by atoms with van der Waals surface area (Å²) in [7, 11) is 0. The number of nitrogens with zero attached hydrogens (tertiary/aromatic N) is 2. The molecule has 2 aromatic rings. The number of halogens is 4. The van der Waals surface area contributed by atoms with E-state index in [-0.39, 0.29) is 11.3 Å². The van der Waals surface area contributed by atoms with Gasteiger partial charge >= 0.3 is 6.18 Å². The van der Waals surface area contributed by atoms with Crippen LogP contribution in [0.3, 0.4) is 0 Å². The van der Waals surface area contributed by atoms with Crippen molar-refractivity contribution < 1.29 is 18.0 Å². The predicted octanol–water partition coefficient (Wildman–Crippen LogP) is 3.27. The first-order valence-corrected chi connectivity index (χ1v) is 8.04. The van der Waals surface area contributed by atoms with Crippen LogP contribution in [0.25, 0.3) is 0 Å². The van der Waals surface area contributed by atoms with E-state index in [1.54, 1.807) is 0 Å². The maximum atomic E-state index is 12.8. The quantitative estimate of drug-likeness (QED) is 0.818. The standard InChI is InChI=1S/C14H9ClF3N3O2S/c15-10-2-1-7(5-9(10)14(16,17)18)20-11(22)8-6-19-13-21(12(8)23)3-4-24-13/h1-2,5-6H,3-4H2,(H,20,22). The molecule has 24 heavy (non-hydrogen) atoms. The molecule has 0 unspecified atom stereocenters. The number of hydrogen-bond acceptors (Lipinski definition) is 4. The third-order valence-electron chi connectivity index (χ3n) is 3.33. The van der Waals surface area contributed by atoms with Crippen LogP contribution in [0.5, 0.6) is 0 Å². The molecule has 1 amide bonds. The van der Waals surface area contributed by atoms with E-state index in [0.717, 1.165) is 12.3 Å². The van der Waals surface area contributed by atoms with Crippen molar-refractivity contribution in [2.24, 2.45) is 0 Å². The summed E-state index contributed by atoms with van der Waals surface area (Å²) in [6.07, 6.45) is -3.52. The van der Waals surface area contributed by atoms with E-state index in [1.807, 2.05) is 0 Å². The van der Waals surface area contributed by atoms with Crippen LogP contribution < -0.4 is 10.9 Å². The van der Waals surface area contributed by atoms with Crippen molar-refractivity contribution >= 4 is 35.0 Å². The Balaban J connectivity index is 1.90. The summed E-state index contributed by atoms with van der Waals surface area (Å²) in [5, 5.41) is 2.31. The molecule has 126 valence electrons. The summed E-state index contributed by atoms with van der Waals surface area (Å²) >= 11 is 6.92. The number of hydrogen-bond donors (Lipinski definition) is 1. The second-order valence-electron chi connectivity index (χ2n) is 4.91. The molecule has 10 heteroatoms. The lowest BCUT2D eigenvalue weighted by Gasteiger charge is -2.12. The minimum atomic E-state index is -4.65. The van der Waals surface area contributed by atoms with Gasteiger partial charge in [0.05, 0.1) is 10.6 Å². The Kier molecular flexibility index (Phi) is 4.31. The number of carbonyl (C=O) groups is 1. The number of rotatable bonds is 2. The Hall–Kier alpha value is -2.00. The zero-order chi connectivity index (χ0) is 17.5. The van der Waals surface area contributed by atoms with E-state index in [4.69, 9.17) is 11.6 Å². The molecular formula is C14H9ClF3N3O2S. The van der Waals surface area contributed by atoms with Gasteiger partial charge in [-0.2, -0.15) is 13.2 Å². The summed E-state index contributed by atoms with van der Waals surface area (Å²) in [4.78, 5) is 28.4. The Morgan fingerprint density at radius 1 is 1.38 bits per heavy atom. The third kappa shape index (κ3) is 3.13. The van der Waals surface area contributed by atoms with Crippen LogP contribution in [0.15, 0.2) is 34.3 Å². The van der Waals surface area contributed by atoms with Crippen LogP contribution in [0, 0.1) is 0 Å². The van der Waals surface area contributed by atoms with Gasteiger partial charge in [0.15, 0.2) is 5.16 Å². The molecule has 1 aromatic heterocycles. The lowest BCUT2D eigenvalue weighted by Crippen LogP contribution is -2.29. The minimum Gasteiger partial charge on any atom is -0.322 e. The fraction of sp³-hybridized carbons (Fsp3) is 0.214. The molecule has 1 aromatic carbocycles. The van der Waals surface area contributed by atoms with Gasteiger partial charge in [-0.3, -0.25) is 14.2 Å². The van der Waals surface area contributed by atoms with Crippen molar-refractivity contribution in [1.29, 1.82) is 0 Å². The van der Waals surface area contributed by atoms with Crippen molar-refractivity contribution in [3.05, 3.63) is 50.9 Å². The van der Waals surface area contributed by atoms with E-state index in [1.165, 1.54) is 22.4 Å². The molecule has 0 bridgehead atoms. The summed E-state index contributed by atoms with van der Waals surface area (Å²) in [6.45, 7) is 0.437. The van der Waals surface area contributed by atoms with Gasteiger partial charge in [0.25, 0.3) is 11.5 Å². The number of nitrogens with one attached hydrogen (secondary N) is 1. The van der Waals surface area contributed by atoms with Gasteiger partial charge in [0.2, 0.25) is 0 Å². The molecular weight excluding hydrogens is 367 g/mol. The summed E-state index contributed by atoms with van der Waals surface area (Å²) in [5.74, 6) is -0.144. The third-order valence-corrected chi connectivity index (χ3v) is 4.63. The van der Waals surface area contributed by atoms with Crippen LogP contribution in [0.4, 0.5) is 18.9 Å². The average molecular weight is 376 g/mol. The molecule has 0 radical (unpaired) electrons. The summed E-state index contributed by atoms with van der Waals surface area (Å²) in [5.41, 5.74) is -1.93. The first-order chi connectivity index (χ1) is 11.3. The van der Waals surface area contributed by atoms with Gasteiger partial charge in [0, 0.05) is 24.2 Å². The molecule has 0 spiro atoms. The van der Waals surface area contributed by atoms with Crippen LogP contribution in [0.1, 0.15) is 15.9 Å². The van der Waals surface area contributed by atoms with Crippen molar-refractivity contribution in [3.8, 4) is 0 Å². The molecule has 1 N–H and O–H groups in total. The Morgan fingerprint density at radius 2 is 2.12 bits per heavy atom. The van der Waals surface area contributed by atoms with E-state index in [2.05, 4.69) is 10.3 Å². The van der Waals surface area contributed by atoms with Gasteiger partial charge in [-0.05, 0) is 18.2 Å². The highest BCUT2D eigenvalue weighted by Gasteiger charge is 2.33. The fourth-order valence-corrected chi connectivity index (χ4v) is 3.33. The number of fused-ring (bicyclic) bond motifs is 1. The van der Waals surface area contributed by atoms with Crippen molar-refractivity contribution in [2.75, 3.05) is 11.1 Å². The van der Waals surface area contributed by atoms with E-state index in [9.17, 15) is 22.8 Å². The number of benzene rings is 1. The molecule has 0 aliphatic carbocycles. The Labute approximate surface area is 142 Å². The largest absolute Gasteiger partial charge is 0.417 e. The van der Waals surface area contributed by atoms with Gasteiger partial charge < -0.3 is 5.32 Å². The van der Waals surface area contributed by atoms with E-state index < -0.39 is 28.2 Å². The lowest BCUT2D eigenvalue weighted by atomic mass is 10.2. The van der Waals surface area contributed by atoms with Crippen molar-refractivity contribution in [2.45, 2.75) is 17.9 Å². The number of anilines is 1. The SMILES string of the molecule is O=C(Nc1ccc(Cl)c(C(F)(F)F)c1)c1cnc2n(c1=O)CCS2. The molecule has 1 aliphatic heterocycles. The highest BCUT2D eigenvalue weighted by molar-refractivity contribution is 7.99. The molecule has 3 rings (SSSR count). The fourth-order valence-electron chi connectivity index (χ4n) is 2.19. The normalized spacial score (nSPS) is 13.7. The summed E-state index contributed by atoms with van der Waals surface area (Å²) < 4.78 is 39.9. The second-order valence-corrected chi connectivity index (χ2v) is 6.38.